The van der Waals surface area contributed by atoms with Crippen molar-refractivity contribution in [2.24, 2.45) is 28.0 Å². The van der Waals surface area contributed by atoms with Gasteiger partial charge in [-0.1, -0.05) is 39.0 Å². The lowest BCUT2D eigenvalue weighted by Gasteiger charge is -2.42. The maximum atomic E-state index is 13.1. The highest BCUT2D eigenvalue weighted by atomic mass is 16.3. The number of carbonyl (C=O) groups excluding carboxylic acids is 1. The summed E-state index contributed by atoms with van der Waals surface area (Å²) >= 11 is 0. The van der Waals surface area contributed by atoms with E-state index in [9.17, 15) is 4.79 Å². The van der Waals surface area contributed by atoms with Crippen LogP contribution in [0.15, 0.2) is 51.6 Å². The molecule has 1 aromatic heterocycles. The highest BCUT2D eigenvalue weighted by molar-refractivity contribution is 6.00. The van der Waals surface area contributed by atoms with Crippen LogP contribution in [0, 0.1) is 17.3 Å². The van der Waals surface area contributed by atoms with E-state index in [4.69, 9.17) is 10.2 Å². The molecule has 0 bridgehead atoms. The lowest BCUT2D eigenvalue weighted by molar-refractivity contribution is -0.136. The summed E-state index contributed by atoms with van der Waals surface area (Å²) in [7, 11) is 1.68. The van der Waals surface area contributed by atoms with Crippen LogP contribution in [0.2, 0.25) is 0 Å². The van der Waals surface area contributed by atoms with E-state index in [2.05, 4.69) is 44.0 Å². The van der Waals surface area contributed by atoms with E-state index in [0.717, 1.165) is 6.42 Å². The van der Waals surface area contributed by atoms with E-state index in [0.29, 0.717) is 5.76 Å². The van der Waals surface area contributed by atoms with Gasteiger partial charge in [0, 0.05) is 7.05 Å². The minimum Gasteiger partial charge on any atom is -0.467 e. The smallest absolute Gasteiger partial charge is 0.235 e. The van der Waals surface area contributed by atoms with E-state index in [-0.39, 0.29) is 29.1 Å². The number of hydrogen-bond acceptors (Lipinski definition) is 4. The quantitative estimate of drug-likeness (QED) is 0.895. The number of guanidine groups is 1. The summed E-state index contributed by atoms with van der Waals surface area (Å²) in [5.74, 6) is 0.568. The van der Waals surface area contributed by atoms with Gasteiger partial charge in [0.2, 0.25) is 5.91 Å². The van der Waals surface area contributed by atoms with E-state index in [1.54, 1.807) is 13.3 Å². The monoisotopic (exact) mass is 341 g/mol. The standard InChI is InChI=1S/C20H27N3O2/c1-19(2,3)14-10-8-13(9-11-14)16-17(24)23(5)18(21)22-20(16,4)15-7-6-12-25-15/h6-8,10-13,16H,9H2,1-5H3,(H2,21,22)/t13?,16-,20+/m0/s1. The van der Waals surface area contributed by atoms with Crippen LogP contribution < -0.4 is 5.73 Å². The highest BCUT2D eigenvalue weighted by Crippen LogP contribution is 2.45. The van der Waals surface area contributed by atoms with Crippen LogP contribution in [0.25, 0.3) is 0 Å². The normalized spacial score (nSPS) is 30.3. The van der Waals surface area contributed by atoms with Crippen molar-refractivity contribution in [3.05, 3.63) is 48.0 Å². The number of nitrogens with two attached hydrogens (primary N) is 1. The van der Waals surface area contributed by atoms with Gasteiger partial charge in [0.05, 0.1) is 12.2 Å². The third kappa shape index (κ3) is 2.92. The second-order valence-corrected chi connectivity index (χ2v) is 8.14. The molecule has 0 spiro atoms. The average molecular weight is 341 g/mol. The van der Waals surface area contributed by atoms with Crippen LogP contribution in [0.1, 0.15) is 39.9 Å². The summed E-state index contributed by atoms with van der Waals surface area (Å²) in [6.45, 7) is 8.52. The zero-order chi connectivity index (χ0) is 18.4. The first-order valence-corrected chi connectivity index (χ1v) is 8.70. The van der Waals surface area contributed by atoms with Gasteiger partial charge in [0.25, 0.3) is 0 Å². The predicted molar refractivity (Wildman–Crippen MR) is 98.7 cm³/mol. The van der Waals surface area contributed by atoms with Crippen molar-refractivity contribution in [1.82, 2.24) is 4.90 Å². The first kappa shape index (κ1) is 17.5. The Morgan fingerprint density at radius 3 is 2.64 bits per heavy atom. The van der Waals surface area contributed by atoms with Crippen LogP contribution in [0.4, 0.5) is 0 Å². The van der Waals surface area contributed by atoms with Crippen molar-refractivity contribution in [1.29, 1.82) is 0 Å². The molecule has 1 aliphatic heterocycles. The molecule has 2 aliphatic rings. The number of furan rings is 1. The second kappa shape index (κ2) is 5.90. The second-order valence-electron chi connectivity index (χ2n) is 8.14. The number of rotatable bonds is 2. The number of carbonyl (C=O) groups is 1. The Bertz CT molecular complexity index is 752. The van der Waals surface area contributed by atoms with Gasteiger partial charge in [-0.25, -0.2) is 4.99 Å². The molecule has 3 rings (SSSR count). The highest BCUT2D eigenvalue weighted by Gasteiger charge is 2.51. The minimum atomic E-state index is -0.806. The number of allylic oxidation sites excluding steroid dienone is 4. The molecule has 0 saturated carbocycles. The van der Waals surface area contributed by atoms with E-state index in [1.165, 1.54) is 10.5 Å². The molecule has 2 heterocycles. The van der Waals surface area contributed by atoms with E-state index >= 15 is 0 Å². The third-order valence-electron chi connectivity index (χ3n) is 5.34. The lowest BCUT2D eigenvalue weighted by atomic mass is 9.70. The van der Waals surface area contributed by atoms with Crippen molar-refractivity contribution in [3.8, 4) is 0 Å². The zero-order valence-corrected chi connectivity index (χ0v) is 15.6. The Balaban J connectivity index is 2.00. The van der Waals surface area contributed by atoms with Crippen molar-refractivity contribution in [2.45, 2.75) is 39.7 Å². The Labute approximate surface area is 149 Å². The van der Waals surface area contributed by atoms with Gasteiger partial charge in [-0.05, 0) is 42.4 Å². The van der Waals surface area contributed by atoms with Crippen LogP contribution in [-0.4, -0.2) is 23.8 Å². The first-order valence-electron chi connectivity index (χ1n) is 8.70. The fourth-order valence-corrected chi connectivity index (χ4v) is 3.76. The molecule has 2 N–H and O–H groups in total. The fourth-order valence-electron chi connectivity index (χ4n) is 3.76. The Morgan fingerprint density at radius 2 is 2.12 bits per heavy atom. The SMILES string of the molecule is CN1C(=O)[C@H](C2C=CC(C(C)(C)C)=CC2)[C@@](C)(c2ccco2)N=C1N. The van der Waals surface area contributed by atoms with Gasteiger partial charge in [0.15, 0.2) is 5.96 Å². The molecule has 0 saturated heterocycles. The molecule has 1 aromatic rings. The predicted octanol–water partition coefficient (Wildman–Crippen LogP) is 3.45. The molecular weight excluding hydrogens is 314 g/mol. The van der Waals surface area contributed by atoms with Crippen molar-refractivity contribution in [2.75, 3.05) is 7.05 Å². The van der Waals surface area contributed by atoms with Crippen molar-refractivity contribution in [3.63, 3.8) is 0 Å². The molecule has 3 atom stereocenters. The lowest BCUT2D eigenvalue weighted by Crippen LogP contribution is -2.55. The molecule has 5 heteroatoms. The van der Waals surface area contributed by atoms with Crippen LogP contribution in [-0.2, 0) is 10.3 Å². The van der Waals surface area contributed by atoms with Crippen LogP contribution in [0.3, 0.4) is 0 Å². The molecule has 25 heavy (non-hydrogen) atoms. The minimum absolute atomic E-state index is 0.0198. The maximum absolute atomic E-state index is 13.1. The van der Waals surface area contributed by atoms with Gasteiger partial charge in [-0.15, -0.1) is 0 Å². The molecule has 5 nitrogen and oxygen atoms in total. The summed E-state index contributed by atoms with van der Waals surface area (Å²) in [4.78, 5) is 19.2. The largest absolute Gasteiger partial charge is 0.467 e. The van der Waals surface area contributed by atoms with E-state index in [1.807, 2.05) is 19.1 Å². The summed E-state index contributed by atoms with van der Waals surface area (Å²) < 4.78 is 5.63. The molecule has 134 valence electrons. The molecule has 0 aromatic carbocycles. The molecule has 0 radical (unpaired) electrons. The maximum Gasteiger partial charge on any atom is 0.235 e. The number of aliphatic imine (C=N–C) groups is 1. The Morgan fingerprint density at radius 1 is 1.40 bits per heavy atom. The van der Waals surface area contributed by atoms with Gasteiger partial charge < -0.3 is 10.2 Å². The van der Waals surface area contributed by atoms with Gasteiger partial charge in [-0.3, -0.25) is 9.69 Å². The topological polar surface area (TPSA) is 71.8 Å². The molecular formula is C20H27N3O2. The van der Waals surface area contributed by atoms with Crippen LogP contribution >= 0.6 is 0 Å². The molecule has 1 amide bonds. The number of amides is 1. The summed E-state index contributed by atoms with van der Waals surface area (Å²) in [5.41, 5.74) is 6.59. The number of nitrogens with zero attached hydrogens (tertiary/aromatic N) is 2. The summed E-state index contributed by atoms with van der Waals surface area (Å²) in [5, 5.41) is 0. The number of hydrogen-bond donors (Lipinski definition) is 1. The van der Waals surface area contributed by atoms with Gasteiger partial charge >= 0.3 is 0 Å². The van der Waals surface area contributed by atoms with Crippen LogP contribution in [0.5, 0.6) is 0 Å². The van der Waals surface area contributed by atoms with Crippen molar-refractivity contribution >= 4 is 11.9 Å². The van der Waals surface area contributed by atoms with Gasteiger partial charge in [0.1, 0.15) is 11.3 Å². The summed E-state index contributed by atoms with van der Waals surface area (Å²) in [6.07, 6.45) is 8.95. The van der Waals surface area contributed by atoms with Gasteiger partial charge in [-0.2, -0.15) is 0 Å². The first-order chi connectivity index (χ1) is 11.6. The Hall–Kier alpha value is -2.30. The van der Waals surface area contributed by atoms with Crippen molar-refractivity contribution < 1.29 is 9.21 Å². The molecule has 0 fully saturated rings. The average Bonchev–Trinajstić information content (AvgIpc) is 3.08. The Kier molecular flexibility index (Phi) is 4.13. The van der Waals surface area contributed by atoms with E-state index < -0.39 is 5.54 Å². The summed E-state index contributed by atoms with van der Waals surface area (Å²) in [6, 6.07) is 3.69. The fraction of sp³-hybridized carbons (Fsp3) is 0.500. The third-order valence-corrected chi connectivity index (χ3v) is 5.34. The molecule has 1 unspecified atom stereocenters. The zero-order valence-electron chi connectivity index (χ0n) is 15.6. The molecule has 1 aliphatic carbocycles.